The number of nitrogens with one attached hydrogen (secondary N) is 1. The van der Waals surface area contributed by atoms with Gasteiger partial charge >= 0.3 is 0 Å². The van der Waals surface area contributed by atoms with E-state index in [-0.39, 0.29) is 5.60 Å². The summed E-state index contributed by atoms with van der Waals surface area (Å²) in [5.41, 5.74) is 7.85. The van der Waals surface area contributed by atoms with Crippen molar-refractivity contribution in [2.24, 2.45) is 0 Å². The summed E-state index contributed by atoms with van der Waals surface area (Å²) in [6, 6.07) is 6.44. The number of hydrogen-bond donors (Lipinski definition) is 2. The molecule has 0 spiro atoms. The lowest BCUT2D eigenvalue weighted by atomic mass is 9.93. The minimum Gasteiger partial charge on any atom is -0.398 e. The van der Waals surface area contributed by atoms with Crippen molar-refractivity contribution < 1.29 is 4.74 Å². The molecule has 2 heterocycles. The predicted octanol–water partition coefficient (Wildman–Crippen LogP) is 3.19. The summed E-state index contributed by atoms with van der Waals surface area (Å²) in [7, 11) is 0. The van der Waals surface area contributed by atoms with Crippen LogP contribution in [0.15, 0.2) is 30.6 Å². The molecule has 0 bridgehead atoms. The molecule has 0 aliphatic carbocycles. The van der Waals surface area contributed by atoms with Crippen molar-refractivity contribution in [3.8, 4) is 0 Å². The van der Waals surface area contributed by atoms with Crippen LogP contribution in [0, 0.1) is 0 Å². The number of pyridine rings is 1. The topological polar surface area (TPSA) is 60.2 Å². The Kier molecular flexibility index (Phi) is 3.26. The van der Waals surface area contributed by atoms with E-state index in [9.17, 15) is 0 Å². The van der Waals surface area contributed by atoms with Crippen LogP contribution in [-0.4, -0.2) is 23.2 Å². The minimum atomic E-state index is -0.0545. The van der Waals surface area contributed by atoms with Crippen molar-refractivity contribution in [3.05, 3.63) is 30.6 Å². The molecular weight excluding hydrogens is 250 g/mol. The van der Waals surface area contributed by atoms with Crippen LogP contribution in [0.4, 0.5) is 11.4 Å². The third kappa shape index (κ3) is 2.56. The molecule has 1 fully saturated rings. The highest BCUT2D eigenvalue weighted by molar-refractivity contribution is 6.00. The molecule has 1 aliphatic rings. The zero-order chi connectivity index (χ0) is 14.2. The first kappa shape index (κ1) is 13.2. The standard InChI is InChI=1S/C16H21N3O/c1-16(2)9-11(6-8-20-16)19-15-4-3-14(17)13-10-18-7-5-12(13)15/h3-5,7,10-11,19H,6,8-9,17H2,1-2H3. The monoisotopic (exact) mass is 271 g/mol. The van der Waals surface area contributed by atoms with Gasteiger partial charge in [0.2, 0.25) is 0 Å². The number of fused-ring (bicyclic) bond motifs is 1. The van der Waals surface area contributed by atoms with Gasteiger partial charge in [-0.05, 0) is 44.9 Å². The van der Waals surface area contributed by atoms with E-state index >= 15 is 0 Å². The van der Waals surface area contributed by atoms with E-state index in [1.54, 1.807) is 6.20 Å². The normalized spacial score (nSPS) is 21.8. The molecule has 4 nitrogen and oxygen atoms in total. The zero-order valence-corrected chi connectivity index (χ0v) is 12.0. The van der Waals surface area contributed by atoms with Crippen molar-refractivity contribution in [1.29, 1.82) is 0 Å². The number of nitrogen functional groups attached to an aromatic ring is 1. The fourth-order valence-electron chi connectivity index (χ4n) is 2.91. The smallest absolute Gasteiger partial charge is 0.0646 e. The van der Waals surface area contributed by atoms with Crippen LogP contribution in [-0.2, 0) is 4.74 Å². The van der Waals surface area contributed by atoms with Gasteiger partial charge in [-0.25, -0.2) is 0 Å². The van der Waals surface area contributed by atoms with E-state index < -0.39 is 0 Å². The van der Waals surface area contributed by atoms with E-state index in [1.807, 2.05) is 18.3 Å². The Morgan fingerprint density at radius 2 is 2.15 bits per heavy atom. The molecule has 0 saturated carbocycles. The lowest BCUT2D eigenvalue weighted by Crippen LogP contribution is -2.40. The van der Waals surface area contributed by atoms with Gasteiger partial charge in [0.15, 0.2) is 0 Å². The van der Waals surface area contributed by atoms with Crippen molar-refractivity contribution in [3.63, 3.8) is 0 Å². The average Bonchev–Trinajstić information content (AvgIpc) is 2.41. The van der Waals surface area contributed by atoms with Gasteiger partial charge < -0.3 is 15.8 Å². The molecule has 1 saturated heterocycles. The van der Waals surface area contributed by atoms with E-state index in [1.165, 1.54) is 0 Å². The summed E-state index contributed by atoms with van der Waals surface area (Å²) in [6.45, 7) is 5.09. The maximum atomic E-state index is 6.01. The molecule has 1 unspecified atom stereocenters. The summed E-state index contributed by atoms with van der Waals surface area (Å²) < 4.78 is 5.77. The molecule has 3 N–H and O–H groups in total. The number of anilines is 2. The molecule has 0 amide bonds. The van der Waals surface area contributed by atoms with Gasteiger partial charge in [0.05, 0.1) is 5.60 Å². The first-order valence-corrected chi connectivity index (χ1v) is 7.08. The third-order valence-electron chi connectivity index (χ3n) is 3.91. The highest BCUT2D eigenvalue weighted by atomic mass is 16.5. The molecule has 1 aromatic carbocycles. The maximum absolute atomic E-state index is 6.01. The fraction of sp³-hybridized carbons (Fsp3) is 0.438. The Balaban J connectivity index is 1.90. The Morgan fingerprint density at radius 1 is 1.30 bits per heavy atom. The second kappa shape index (κ2) is 4.94. The molecule has 2 aromatic rings. The zero-order valence-electron chi connectivity index (χ0n) is 12.0. The van der Waals surface area contributed by atoms with Crippen molar-refractivity contribution in [2.75, 3.05) is 17.7 Å². The minimum absolute atomic E-state index is 0.0545. The summed E-state index contributed by atoms with van der Waals surface area (Å²) in [5, 5.41) is 5.78. The Labute approximate surface area is 119 Å². The molecule has 3 rings (SSSR count). The highest BCUT2D eigenvalue weighted by Gasteiger charge is 2.28. The first-order valence-electron chi connectivity index (χ1n) is 7.08. The Hall–Kier alpha value is -1.81. The van der Waals surface area contributed by atoms with E-state index in [2.05, 4.69) is 30.2 Å². The van der Waals surface area contributed by atoms with Crippen LogP contribution in [0.1, 0.15) is 26.7 Å². The molecule has 1 aliphatic heterocycles. The second-order valence-corrected chi connectivity index (χ2v) is 6.07. The van der Waals surface area contributed by atoms with Crippen LogP contribution in [0.5, 0.6) is 0 Å². The maximum Gasteiger partial charge on any atom is 0.0646 e. The van der Waals surface area contributed by atoms with Crippen LogP contribution in [0.25, 0.3) is 10.8 Å². The molecule has 4 heteroatoms. The largest absolute Gasteiger partial charge is 0.398 e. The number of benzene rings is 1. The summed E-state index contributed by atoms with van der Waals surface area (Å²) in [6.07, 6.45) is 5.66. The number of rotatable bonds is 2. The fourth-order valence-corrected chi connectivity index (χ4v) is 2.91. The second-order valence-electron chi connectivity index (χ2n) is 6.07. The molecule has 1 aromatic heterocycles. The Bertz CT molecular complexity index is 624. The summed E-state index contributed by atoms with van der Waals surface area (Å²) >= 11 is 0. The number of hydrogen-bond acceptors (Lipinski definition) is 4. The lowest BCUT2D eigenvalue weighted by Gasteiger charge is -2.36. The number of aromatic nitrogens is 1. The SMILES string of the molecule is CC1(C)CC(Nc2ccc(N)c3cnccc23)CCO1. The van der Waals surface area contributed by atoms with Crippen molar-refractivity contribution in [1.82, 2.24) is 4.98 Å². The highest BCUT2D eigenvalue weighted by Crippen LogP contribution is 2.31. The first-order chi connectivity index (χ1) is 9.55. The average molecular weight is 271 g/mol. The summed E-state index contributed by atoms with van der Waals surface area (Å²) in [4.78, 5) is 4.16. The quantitative estimate of drug-likeness (QED) is 0.824. The van der Waals surface area contributed by atoms with Gasteiger partial charge in [0.1, 0.15) is 0 Å². The molecule has 1 atom stereocenters. The van der Waals surface area contributed by atoms with Crippen LogP contribution < -0.4 is 11.1 Å². The van der Waals surface area contributed by atoms with Crippen LogP contribution >= 0.6 is 0 Å². The van der Waals surface area contributed by atoms with Gasteiger partial charge in [-0.2, -0.15) is 0 Å². The van der Waals surface area contributed by atoms with Crippen LogP contribution in [0.2, 0.25) is 0 Å². The third-order valence-corrected chi connectivity index (χ3v) is 3.91. The van der Waals surface area contributed by atoms with E-state index in [0.717, 1.165) is 41.6 Å². The predicted molar refractivity (Wildman–Crippen MR) is 82.8 cm³/mol. The molecular formula is C16H21N3O. The van der Waals surface area contributed by atoms with E-state index in [4.69, 9.17) is 10.5 Å². The number of ether oxygens (including phenoxy) is 1. The van der Waals surface area contributed by atoms with Gasteiger partial charge in [-0.15, -0.1) is 0 Å². The molecule has 106 valence electrons. The van der Waals surface area contributed by atoms with Gasteiger partial charge in [-0.1, -0.05) is 0 Å². The molecule has 20 heavy (non-hydrogen) atoms. The van der Waals surface area contributed by atoms with Crippen LogP contribution in [0.3, 0.4) is 0 Å². The number of nitrogens with zero attached hydrogens (tertiary/aromatic N) is 1. The Morgan fingerprint density at radius 3 is 2.95 bits per heavy atom. The van der Waals surface area contributed by atoms with E-state index in [0.29, 0.717) is 6.04 Å². The molecule has 0 radical (unpaired) electrons. The lowest BCUT2D eigenvalue weighted by molar-refractivity contribution is -0.0553. The van der Waals surface area contributed by atoms with Crippen molar-refractivity contribution >= 4 is 22.1 Å². The number of nitrogens with two attached hydrogens (primary N) is 1. The summed E-state index contributed by atoms with van der Waals surface area (Å²) in [5.74, 6) is 0. The van der Waals surface area contributed by atoms with Gasteiger partial charge in [-0.3, -0.25) is 4.98 Å². The van der Waals surface area contributed by atoms with Crippen molar-refractivity contribution in [2.45, 2.75) is 38.3 Å². The van der Waals surface area contributed by atoms with Gasteiger partial charge in [0.25, 0.3) is 0 Å². The van der Waals surface area contributed by atoms with Gasteiger partial charge in [0, 0.05) is 47.2 Å².